The fraction of sp³-hybridized carbons (Fsp3) is 0.300. The molecule has 1 aliphatic carbocycles. The Hall–Kier alpha value is -1.18. The second-order valence-electron chi connectivity index (χ2n) is 3.11. The third-order valence-electron chi connectivity index (χ3n) is 2.34. The zero-order valence-corrected chi connectivity index (χ0v) is 6.59. The number of hydrogen-bond acceptors (Lipinski definition) is 1. The van der Waals surface area contributed by atoms with Crippen molar-refractivity contribution in [1.29, 1.82) is 0 Å². The Morgan fingerprint density at radius 1 is 1.25 bits per heavy atom. The van der Waals surface area contributed by atoms with Gasteiger partial charge in [-0.2, -0.15) is 0 Å². The SMILES string of the molecule is O=C1CCC1c1ccc(F)cc1. The van der Waals surface area contributed by atoms with E-state index in [2.05, 4.69) is 0 Å². The monoisotopic (exact) mass is 164 g/mol. The van der Waals surface area contributed by atoms with E-state index < -0.39 is 0 Å². The van der Waals surface area contributed by atoms with Crippen LogP contribution in [-0.2, 0) is 4.79 Å². The molecule has 0 spiro atoms. The van der Waals surface area contributed by atoms with Crippen molar-refractivity contribution in [2.75, 3.05) is 0 Å². The Kier molecular flexibility index (Phi) is 1.68. The molecule has 0 amide bonds. The van der Waals surface area contributed by atoms with Gasteiger partial charge in [-0.05, 0) is 24.1 Å². The summed E-state index contributed by atoms with van der Waals surface area (Å²) >= 11 is 0. The van der Waals surface area contributed by atoms with Crippen molar-refractivity contribution >= 4 is 5.78 Å². The van der Waals surface area contributed by atoms with Crippen molar-refractivity contribution in [2.45, 2.75) is 18.8 Å². The molecule has 1 fully saturated rings. The van der Waals surface area contributed by atoms with E-state index >= 15 is 0 Å². The maximum atomic E-state index is 12.5. The fourth-order valence-electron chi connectivity index (χ4n) is 1.45. The highest BCUT2D eigenvalue weighted by atomic mass is 19.1. The summed E-state index contributed by atoms with van der Waals surface area (Å²) in [6.07, 6.45) is 1.60. The van der Waals surface area contributed by atoms with Crippen LogP contribution in [0.1, 0.15) is 24.3 Å². The van der Waals surface area contributed by atoms with Crippen molar-refractivity contribution in [2.24, 2.45) is 0 Å². The van der Waals surface area contributed by atoms with Gasteiger partial charge in [0.25, 0.3) is 0 Å². The largest absolute Gasteiger partial charge is 0.299 e. The average Bonchev–Trinajstić information content (AvgIpc) is 2.06. The van der Waals surface area contributed by atoms with Gasteiger partial charge in [-0.15, -0.1) is 0 Å². The molecule has 0 heterocycles. The van der Waals surface area contributed by atoms with E-state index in [0.29, 0.717) is 6.42 Å². The second-order valence-corrected chi connectivity index (χ2v) is 3.11. The van der Waals surface area contributed by atoms with E-state index in [1.54, 1.807) is 12.1 Å². The predicted octanol–water partition coefficient (Wildman–Crippen LogP) is 2.27. The Balaban J connectivity index is 2.23. The molecule has 0 bridgehead atoms. The first-order valence-corrected chi connectivity index (χ1v) is 4.05. The minimum absolute atomic E-state index is 0.0469. The summed E-state index contributed by atoms with van der Waals surface area (Å²) in [5, 5.41) is 0. The number of rotatable bonds is 1. The maximum Gasteiger partial charge on any atom is 0.140 e. The molecule has 0 N–H and O–H groups in total. The quantitative estimate of drug-likeness (QED) is 0.622. The molecule has 1 aromatic carbocycles. The van der Waals surface area contributed by atoms with Gasteiger partial charge in [-0.25, -0.2) is 4.39 Å². The Morgan fingerprint density at radius 2 is 1.92 bits per heavy atom. The smallest absolute Gasteiger partial charge is 0.140 e. The lowest BCUT2D eigenvalue weighted by Gasteiger charge is -2.23. The van der Waals surface area contributed by atoms with Gasteiger partial charge < -0.3 is 0 Å². The molecule has 1 atom stereocenters. The zero-order valence-electron chi connectivity index (χ0n) is 6.59. The van der Waals surface area contributed by atoms with Gasteiger partial charge in [-0.1, -0.05) is 12.1 Å². The highest BCUT2D eigenvalue weighted by Crippen LogP contribution is 2.32. The molecular weight excluding hydrogens is 155 g/mol. The summed E-state index contributed by atoms with van der Waals surface area (Å²) in [6, 6.07) is 6.19. The topological polar surface area (TPSA) is 17.1 Å². The molecule has 2 heteroatoms. The molecule has 62 valence electrons. The second kappa shape index (κ2) is 2.70. The van der Waals surface area contributed by atoms with Gasteiger partial charge in [-0.3, -0.25) is 4.79 Å². The lowest BCUT2D eigenvalue weighted by Crippen LogP contribution is -2.22. The van der Waals surface area contributed by atoms with E-state index in [-0.39, 0.29) is 17.5 Å². The summed E-state index contributed by atoms with van der Waals surface area (Å²) in [5.41, 5.74) is 0.952. The van der Waals surface area contributed by atoms with E-state index in [9.17, 15) is 9.18 Å². The van der Waals surface area contributed by atoms with E-state index in [4.69, 9.17) is 0 Å². The highest BCUT2D eigenvalue weighted by Gasteiger charge is 2.29. The van der Waals surface area contributed by atoms with Crippen LogP contribution < -0.4 is 0 Å². The average molecular weight is 164 g/mol. The van der Waals surface area contributed by atoms with E-state index in [1.807, 2.05) is 0 Å². The number of Topliss-reactive ketones (excluding diaryl/α,β-unsaturated/α-hetero) is 1. The van der Waals surface area contributed by atoms with Gasteiger partial charge in [0.2, 0.25) is 0 Å². The number of carbonyl (C=O) groups excluding carboxylic acids is 1. The van der Waals surface area contributed by atoms with Crippen LogP contribution in [0.3, 0.4) is 0 Å². The fourth-order valence-corrected chi connectivity index (χ4v) is 1.45. The Morgan fingerprint density at radius 3 is 2.33 bits per heavy atom. The maximum absolute atomic E-state index is 12.5. The number of ketones is 1. The van der Waals surface area contributed by atoms with Gasteiger partial charge >= 0.3 is 0 Å². The van der Waals surface area contributed by atoms with Crippen LogP contribution in [-0.4, -0.2) is 5.78 Å². The normalized spacial score (nSPS) is 22.1. The van der Waals surface area contributed by atoms with Gasteiger partial charge in [0, 0.05) is 12.3 Å². The molecule has 12 heavy (non-hydrogen) atoms. The lowest BCUT2D eigenvalue weighted by atomic mass is 9.79. The number of halogens is 1. The molecular formula is C10H9FO. The lowest BCUT2D eigenvalue weighted by molar-refractivity contribution is -0.125. The van der Waals surface area contributed by atoms with Crippen molar-refractivity contribution in [3.63, 3.8) is 0 Å². The van der Waals surface area contributed by atoms with Crippen LogP contribution in [0, 0.1) is 5.82 Å². The van der Waals surface area contributed by atoms with Crippen LogP contribution in [0.5, 0.6) is 0 Å². The van der Waals surface area contributed by atoms with E-state index in [0.717, 1.165) is 12.0 Å². The van der Waals surface area contributed by atoms with Crippen molar-refractivity contribution < 1.29 is 9.18 Å². The molecule has 1 aliphatic rings. The molecule has 1 nitrogen and oxygen atoms in total. The number of benzene rings is 1. The third kappa shape index (κ3) is 1.13. The van der Waals surface area contributed by atoms with Crippen LogP contribution in [0.15, 0.2) is 24.3 Å². The van der Waals surface area contributed by atoms with Gasteiger partial charge in [0.05, 0.1) is 0 Å². The van der Waals surface area contributed by atoms with Gasteiger partial charge in [0.1, 0.15) is 11.6 Å². The first-order chi connectivity index (χ1) is 5.77. The van der Waals surface area contributed by atoms with Crippen molar-refractivity contribution in [3.8, 4) is 0 Å². The minimum Gasteiger partial charge on any atom is -0.299 e. The molecule has 1 saturated carbocycles. The van der Waals surface area contributed by atoms with E-state index in [1.165, 1.54) is 12.1 Å². The van der Waals surface area contributed by atoms with Crippen LogP contribution >= 0.6 is 0 Å². The molecule has 1 aromatic rings. The first-order valence-electron chi connectivity index (χ1n) is 4.05. The molecule has 0 radical (unpaired) electrons. The first kappa shape index (κ1) is 7.47. The Bertz CT molecular complexity index is 302. The summed E-state index contributed by atoms with van der Waals surface area (Å²) in [6.45, 7) is 0. The summed E-state index contributed by atoms with van der Waals surface area (Å²) < 4.78 is 12.5. The van der Waals surface area contributed by atoms with Crippen molar-refractivity contribution in [3.05, 3.63) is 35.6 Å². The summed E-state index contributed by atoms with van der Waals surface area (Å²) in [4.78, 5) is 11.0. The highest BCUT2D eigenvalue weighted by molar-refractivity contribution is 5.91. The number of carbonyl (C=O) groups is 1. The van der Waals surface area contributed by atoms with Crippen LogP contribution in [0.4, 0.5) is 4.39 Å². The van der Waals surface area contributed by atoms with Crippen molar-refractivity contribution in [1.82, 2.24) is 0 Å². The standard InChI is InChI=1S/C10H9FO/c11-8-3-1-7(2-4-8)9-5-6-10(9)12/h1-4,9H,5-6H2. The van der Waals surface area contributed by atoms with Crippen LogP contribution in [0.25, 0.3) is 0 Å². The molecule has 1 unspecified atom stereocenters. The third-order valence-corrected chi connectivity index (χ3v) is 2.34. The minimum atomic E-state index is -0.245. The molecule has 0 aliphatic heterocycles. The molecule has 2 rings (SSSR count). The van der Waals surface area contributed by atoms with Gasteiger partial charge in [0.15, 0.2) is 0 Å². The van der Waals surface area contributed by atoms with Crippen LogP contribution in [0.2, 0.25) is 0 Å². The Labute approximate surface area is 70.2 Å². The summed E-state index contributed by atoms with van der Waals surface area (Å²) in [7, 11) is 0. The molecule has 0 aromatic heterocycles. The molecule has 0 saturated heterocycles. The predicted molar refractivity (Wildman–Crippen MR) is 43.4 cm³/mol. The zero-order chi connectivity index (χ0) is 8.55. The summed E-state index contributed by atoms with van der Waals surface area (Å²) in [5.74, 6) is 0.0812. The number of hydrogen-bond donors (Lipinski definition) is 0.